The third-order valence-corrected chi connectivity index (χ3v) is 1.70. The standard InChI is InChI=1S/C10H21NO3/c1-2-3-8-14-10(12)5-9-13-7-4-6-11/h2-9,11H2,1H3. The first-order chi connectivity index (χ1) is 6.81. The Balaban J connectivity index is 3.10. The molecule has 0 saturated heterocycles. The molecule has 0 heterocycles. The van der Waals surface area contributed by atoms with Gasteiger partial charge >= 0.3 is 5.97 Å². The Kier molecular flexibility index (Phi) is 10.0. The molecule has 0 aromatic rings. The molecular weight excluding hydrogens is 182 g/mol. The zero-order valence-electron chi connectivity index (χ0n) is 8.96. The lowest BCUT2D eigenvalue weighted by Crippen LogP contribution is -2.11. The Bertz CT molecular complexity index is 139. The number of unbranched alkanes of at least 4 members (excludes halogenated alkanes) is 1. The van der Waals surface area contributed by atoms with Gasteiger partial charge in [-0.1, -0.05) is 13.3 Å². The average molecular weight is 203 g/mol. The number of carbonyl (C=O) groups excluding carboxylic acids is 1. The Morgan fingerprint density at radius 3 is 2.64 bits per heavy atom. The van der Waals surface area contributed by atoms with Crippen LogP contribution in [0.2, 0.25) is 0 Å². The van der Waals surface area contributed by atoms with Crippen LogP contribution in [-0.4, -0.2) is 32.3 Å². The maximum atomic E-state index is 11.0. The molecular formula is C10H21NO3. The van der Waals surface area contributed by atoms with E-state index in [0.29, 0.717) is 32.8 Å². The summed E-state index contributed by atoms with van der Waals surface area (Å²) in [5, 5.41) is 0. The molecule has 0 unspecified atom stereocenters. The number of nitrogens with two attached hydrogens (primary N) is 1. The smallest absolute Gasteiger partial charge is 0.308 e. The zero-order valence-corrected chi connectivity index (χ0v) is 8.96. The van der Waals surface area contributed by atoms with Gasteiger partial charge in [0.15, 0.2) is 0 Å². The largest absolute Gasteiger partial charge is 0.466 e. The van der Waals surface area contributed by atoms with Crippen LogP contribution in [0.15, 0.2) is 0 Å². The zero-order chi connectivity index (χ0) is 10.6. The van der Waals surface area contributed by atoms with Gasteiger partial charge in [-0.15, -0.1) is 0 Å². The van der Waals surface area contributed by atoms with Crippen LogP contribution in [0.1, 0.15) is 32.6 Å². The van der Waals surface area contributed by atoms with Crippen molar-refractivity contribution >= 4 is 5.97 Å². The molecule has 4 heteroatoms. The molecule has 0 aromatic carbocycles. The summed E-state index contributed by atoms with van der Waals surface area (Å²) < 4.78 is 10.1. The molecule has 0 radical (unpaired) electrons. The fourth-order valence-electron chi connectivity index (χ4n) is 0.845. The molecule has 0 amide bonds. The number of hydrogen-bond acceptors (Lipinski definition) is 4. The predicted molar refractivity (Wildman–Crippen MR) is 55.0 cm³/mol. The van der Waals surface area contributed by atoms with Crippen molar-refractivity contribution in [3.8, 4) is 0 Å². The molecule has 0 saturated carbocycles. The summed E-state index contributed by atoms with van der Waals surface area (Å²) in [6.07, 6.45) is 3.15. The van der Waals surface area contributed by atoms with Gasteiger partial charge < -0.3 is 15.2 Å². The number of rotatable bonds is 9. The summed E-state index contributed by atoms with van der Waals surface area (Å²) in [5.74, 6) is -0.175. The summed E-state index contributed by atoms with van der Waals surface area (Å²) in [4.78, 5) is 11.0. The highest BCUT2D eigenvalue weighted by molar-refractivity contribution is 5.69. The van der Waals surface area contributed by atoms with Gasteiger partial charge in [-0.05, 0) is 19.4 Å². The third kappa shape index (κ3) is 9.48. The summed E-state index contributed by atoms with van der Waals surface area (Å²) in [5.41, 5.74) is 5.28. The number of hydrogen-bond donors (Lipinski definition) is 1. The highest BCUT2D eigenvalue weighted by atomic mass is 16.5. The van der Waals surface area contributed by atoms with E-state index in [1.807, 2.05) is 0 Å². The quantitative estimate of drug-likeness (QED) is 0.450. The predicted octanol–water partition coefficient (Wildman–Crippen LogP) is 1.09. The van der Waals surface area contributed by atoms with E-state index in [1.165, 1.54) is 0 Å². The topological polar surface area (TPSA) is 61.5 Å². The lowest BCUT2D eigenvalue weighted by Gasteiger charge is -2.04. The van der Waals surface area contributed by atoms with Crippen molar-refractivity contribution in [1.82, 2.24) is 0 Å². The first kappa shape index (κ1) is 13.4. The molecule has 4 nitrogen and oxygen atoms in total. The van der Waals surface area contributed by atoms with Crippen molar-refractivity contribution in [2.45, 2.75) is 32.6 Å². The minimum atomic E-state index is -0.175. The molecule has 0 aliphatic heterocycles. The molecule has 0 atom stereocenters. The van der Waals surface area contributed by atoms with Crippen LogP contribution in [0.25, 0.3) is 0 Å². The van der Waals surface area contributed by atoms with Crippen molar-refractivity contribution in [2.75, 3.05) is 26.4 Å². The summed E-state index contributed by atoms with van der Waals surface area (Å²) in [6, 6.07) is 0. The normalized spacial score (nSPS) is 10.1. The molecule has 0 aliphatic carbocycles. The molecule has 2 N–H and O–H groups in total. The van der Waals surface area contributed by atoms with E-state index >= 15 is 0 Å². The van der Waals surface area contributed by atoms with Crippen LogP contribution in [0.5, 0.6) is 0 Å². The highest BCUT2D eigenvalue weighted by Gasteiger charge is 2.01. The van der Waals surface area contributed by atoms with Crippen molar-refractivity contribution in [2.24, 2.45) is 5.73 Å². The summed E-state index contributed by atoms with van der Waals surface area (Å²) in [7, 11) is 0. The van der Waals surface area contributed by atoms with Crippen molar-refractivity contribution in [3.63, 3.8) is 0 Å². The van der Waals surface area contributed by atoms with Crippen LogP contribution < -0.4 is 5.73 Å². The van der Waals surface area contributed by atoms with Crippen molar-refractivity contribution < 1.29 is 14.3 Å². The molecule has 0 rings (SSSR count). The molecule has 0 fully saturated rings. The van der Waals surface area contributed by atoms with E-state index < -0.39 is 0 Å². The van der Waals surface area contributed by atoms with Gasteiger partial charge in [-0.3, -0.25) is 4.79 Å². The number of carbonyl (C=O) groups is 1. The SMILES string of the molecule is CCCCOC(=O)CCOCCCN. The fraction of sp³-hybridized carbons (Fsp3) is 0.900. The van der Waals surface area contributed by atoms with Crippen LogP contribution in [0.4, 0.5) is 0 Å². The second-order valence-electron chi connectivity index (χ2n) is 3.08. The highest BCUT2D eigenvalue weighted by Crippen LogP contribution is 1.93. The number of esters is 1. The van der Waals surface area contributed by atoms with Crippen LogP contribution in [-0.2, 0) is 14.3 Å². The Morgan fingerprint density at radius 2 is 2.00 bits per heavy atom. The average Bonchev–Trinajstić information content (AvgIpc) is 2.18. The van der Waals surface area contributed by atoms with Crippen molar-refractivity contribution in [1.29, 1.82) is 0 Å². The van der Waals surface area contributed by atoms with Gasteiger partial charge in [0, 0.05) is 6.61 Å². The Morgan fingerprint density at radius 1 is 1.21 bits per heavy atom. The lowest BCUT2D eigenvalue weighted by atomic mass is 10.4. The van der Waals surface area contributed by atoms with Gasteiger partial charge in [0.2, 0.25) is 0 Å². The molecule has 0 bridgehead atoms. The van der Waals surface area contributed by atoms with E-state index in [1.54, 1.807) is 0 Å². The van der Waals surface area contributed by atoms with E-state index in [4.69, 9.17) is 15.2 Å². The second-order valence-corrected chi connectivity index (χ2v) is 3.08. The first-order valence-corrected chi connectivity index (χ1v) is 5.24. The van der Waals surface area contributed by atoms with Crippen LogP contribution in [0.3, 0.4) is 0 Å². The fourth-order valence-corrected chi connectivity index (χ4v) is 0.845. The van der Waals surface area contributed by atoms with Crippen LogP contribution >= 0.6 is 0 Å². The van der Waals surface area contributed by atoms with Crippen LogP contribution in [0, 0.1) is 0 Å². The maximum absolute atomic E-state index is 11.0. The Labute approximate surface area is 85.8 Å². The van der Waals surface area contributed by atoms with Crippen molar-refractivity contribution in [3.05, 3.63) is 0 Å². The van der Waals surface area contributed by atoms with E-state index in [2.05, 4.69) is 6.92 Å². The molecule has 14 heavy (non-hydrogen) atoms. The van der Waals surface area contributed by atoms with Gasteiger partial charge in [0.25, 0.3) is 0 Å². The number of ether oxygens (including phenoxy) is 2. The maximum Gasteiger partial charge on any atom is 0.308 e. The molecule has 0 aromatic heterocycles. The van der Waals surface area contributed by atoms with Gasteiger partial charge in [0.1, 0.15) is 0 Å². The van der Waals surface area contributed by atoms with E-state index in [0.717, 1.165) is 19.3 Å². The summed E-state index contributed by atoms with van der Waals surface area (Å²) >= 11 is 0. The first-order valence-electron chi connectivity index (χ1n) is 5.24. The lowest BCUT2D eigenvalue weighted by molar-refractivity contribution is -0.144. The Hall–Kier alpha value is -0.610. The minimum absolute atomic E-state index is 0.175. The second kappa shape index (κ2) is 10.5. The van der Waals surface area contributed by atoms with E-state index in [-0.39, 0.29) is 5.97 Å². The summed E-state index contributed by atoms with van der Waals surface area (Å²) in [6.45, 7) is 4.27. The third-order valence-electron chi connectivity index (χ3n) is 1.70. The van der Waals surface area contributed by atoms with E-state index in [9.17, 15) is 4.79 Å². The molecule has 84 valence electrons. The van der Waals surface area contributed by atoms with Gasteiger partial charge in [-0.25, -0.2) is 0 Å². The van der Waals surface area contributed by atoms with Gasteiger partial charge in [0.05, 0.1) is 19.6 Å². The molecule has 0 aliphatic rings. The van der Waals surface area contributed by atoms with Gasteiger partial charge in [-0.2, -0.15) is 0 Å². The minimum Gasteiger partial charge on any atom is -0.466 e. The monoisotopic (exact) mass is 203 g/mol. The molecule has 0 spiro atoms.